The zero-order chi connectivity index (χ0) is 15.6. The number of anilines is 1. The van der Waals surface area contributed by atoms with Crippen LogP contribution in [0, 0.1) is 5.92 Å². The molecule has 2 aromatic heterocycles. The van der Waals surface area contributed by atoms with Crippen LogP contribution in [0.5, 0.6) is 0 Å². The molecule has 3 aromatic rings. The molecule has 23 heavy (non-hydrogen) atoms. The molecule has 1 unspecified atom stereocenters. The number of hydrogen-bond acceptors (Lipinski definition) is 5. The third kappa shape index (κ3) is 2.55. The zero-order valence-corrected chi connectivity index (χ0v) is 13.2. The van der Waals surface area contributed by atoms with Gasteiger partial charge >= 0.3 is 0 Å². The maximum Gasteiger partial charge on any atom is 0.168 e. The number of aromatic nitrogens is 4. The quantitative estimate of drug-likeness (QED) is 0.797. The second kappa shape index (κ2) is 5.96. The van der Waals surface area contributed by atoms with E-state index in [2.05, 4.69) is 25.3 Å². The SMILES string of the molecule is CNCC1CCN(c2ncnc3c2cnn3-c2ccccc2)C1. The lowest BCUT2D eigenvalue weighted by Gasteiger charge is -2.18. The van der Waals surface area contributed by atoms with E-state index in [9.17, 15) is 0 Å². The Kier molecular flexibility index (Phi) is 3.67. The highest BCUT2D eigenvalue weighted by molar-refractivity contribution is 5.87. The zero-order valence-electron chi connectivity index (χ0n) is 13.2. The van der Waals surface area contributed by atoms with Crippen molar-refractivity contribution in [3.63, 3.8) is 0 Å². The summed E-state index contributed by atoms with van der Waals surface area (Å²) in [5.74, 6) is 1.67. The number of benzene rings is 1. The maximum absolute atomic E-state index is 4.53. The molecular weight excluding hydrogens is 288 g/mol. The summed E-state index contributed by atoms with van der Waals surface area (Å²) in [5.41, 5.74) is 1.87. The van der Waals surface area contributed by atoms with Crippen LogP contribution in [0.3, 0.4) is 0 Å². The van der Waals surface area contributed by atoms with Crippen LogP contribution in [-0.4, -0.2) is 46.4 Å². The monoisotopic (exact) mass is 308 g/mol. The van der Waals surface area contributed by atoms with Crippen LogP contribution >= 0.6 is 0 Å². The fourth-order valence-electron chi connectivity index (χ4n) is 3.32. The molecule has 0 amide bonds. The van der Waals surface area contributed by atoms with Gasteiger partial charge in [-0.15, -0.1) is 0 Å². The van der Waals surface area contributed by atoms with Gasteiger partial charge in [0.1, 0.15) is 12.1 Å². The van der Waals surface area contributed by atoms with E-state index in [0.29, 0.717) is 5.92 Å². The summed E-state index contributed by atoms with van der Waals surface area (Å²) in [7, 11) is 2.01. The predicted molar refractivity (Wildman–Crippen MR) is 90.9 cm³/mol. The standard InChI is InChI=1S/C17H20N6/c1-18-9-13-7-8-22(11-13)16-15-10-21-23(17(15)20-12-19-16)14-5-3-2-4-6-14/h2-6,10,12-13,18H,7-9,11H2,1H3. The Morgan fingerprint density at radius 1 is 1.22 bits per heavy atom. The van der Waals surface area contributed by atoms with Gasteiger partial charge in [0.15, 0.2) is 5.65 Å². The van der Waals surface area contributed by atoms with E-state index in [1.807, 2.05) is 48.3 Å². The maximum atomic E-state index is 4.53. The summed E-state index contributed by atoms with van der Waals surface area (Å²) in [4.78, 5) is 11.3. The molecule has 118 valence electrons. The van der Waals surface area contributed by atoms with Gasteiger partial charge in [-0.1, -0.05) is 18.2 Å². The lowest BCUT2D eigenvalue weighted by Crippen LogP contribution is -2.25. The van der Waals surface area contributed by atoms with Crippen molar-refractivity contribution in [2.24, 2.45) is 5.92 Å². The van der Waals surface area contributed by atoms with Gasteiger partial charge in [-0.05, 0) is 38.1 Å². The molecule has 6 heteroatoms. The molecular formula is C17H20N6. The third-order valence-electron chi connectivity index (χ3n) is 4.42. The van der Waals surface area contributed by atoms with E-state index in [4.69, 9.17) is 0 Å². The number of hydrogen-bond donors (Lipinski definition) is 1. The highest BCUT2D eigenvalue weighted by Crippen LogP contribution is 2.28. The highest BCUT2D eigenvalue weighted by atomic mass is 15.3. The molecule has 0 radical (unpaired) electrons. The first-order valence-electron chi connectivity index (χ1n) is 8.00. The smallest absolute Gasteiger partial charge is 0.168 e. The Morgan fingerprint density at radius 2 is 2.09 bits per heavy atom. The average Bonchev–Trinajstić information content (AvgIpc) is 3.22. The largest absolute Gasteiger partial charge is 0.356 e. The molecule has 4 rings (SSSR count). The molecule has 0 spiro atoms. The van der Waals surface area contributed by atoms with Crippen molar-refractivity contribution in [3.8, 4) is 5.69 Å². The fraction of sp³-hybridized carbons (Fsp3) is 0.353. The van der Waals surface area contributed by atoms with Gasteiger partial charge in [-0.2, -0.15) is 5.10 Å². The van der Waals surface area contributed by atoms with Crippen molar-refractivity contribution >= 4 is 16.9 Å². The van der Waals surface area contributed by atoms with E-state index >= 15 is 0 Å². The molecule has 3 heterocycles. The van der Waals surface area contributed by atoms with Crippen LogP contribution in [-0.2, 0) is 0 Å². The molecule has 1 aliphatic rings. The first kappa shape index (κ1) is 14.1. The summed E-state index contributed by atoms with van der Waals surface area (Å²) >= 11 is 0. The first-order valence-corrected chi connectivity index (χ1v) is 8.00. The van der Waals surface area contributed by atoms with Crippen molar-refractivity contribution in [1.82, 2.24) is 25.1 Å². The molecule has 1 aliphatic heterocycles. The van der Waals surface area contributed by atoms with Gasteiger partial charge in [0.2, 0.25) is 0 Å². The van der Waals surface area contributed by atoms with Gasteiger partial charge in [0.25, 0.3) is 0 Å². The number of para-hydroxylation sites is 1. The lowest BCUT2D eigenvalue weighted by atomic mass is 10.1. The van der Waals surface area contributed by atoms with Crippen molar-refractivity contribution in [1.29, 1.82) is 0 Å². The highest BCUT2D eigenvalue weighted by Gasteiger charge is 2.25. The van der Waals surface area contributed by atoms with E-state index in [1.165, 1.54) is 6.42 Å². The minimum Gasteiger partial charge on any atom is -0.356 e. The Labute approximate surface area is 135 Å². The summed E-state index contributed by atoms with van der Waals surface area (Å²) in [5, 5.41) is 8.81. The third-order valence-corrected chi connectivity index (χ3v) is 4.42. The van der Waals surface area contributed by atoms with Gasteiger partial charge in [-0.3, -0.25) is 0 Å². The van der Waals surface area contributed by atoms with Crippen LogP contribution in [0.25, 0.3) is 16.7 Å². The molecule has 1 fully saturated rings. The number of nitrogens with one attached hydrogen (secondary N) is 1. The molecule has 0 aliphatic carbocycles. The van der Waals surface area contributed by atoms with Crippen molar-refractivity contribution in [2.45, 2.75) is 6.42 Å². The fourth-order valence-corrected chi connectivity index (χ4v) is 3.32. The number of nitrogens with zero attached hydrogens (tertiary/aromatic N) is 5. The Balaban J connectivity index is 1.71. The molecule has 1 N–H and O–H groups in total. The van der Waals surface area contributed by atoms with Crippen LogP contribution in [0.4, 0.5) is 5.82 Å². The van der Waals surface area contributed by atoms with Crippen molar-refractivity contribution in [2.75, 3.05) is 31.6 Å². The molecule has 1 aromatic carbocycles. The summed E-state index contributed by atoms with van der Waals surface area (Å²) < 4.78 is 1.88. The van der Waals surface area contributed by atoms with Gasteiger partial charge < -0.3 is 10.2 Å². The Bertz CT molecular complexity index is 797. The first-order chi connectivity index (χ1) is 11.4. The summed E-state index contributed by atoms with van der Waals surface area (Å²) in [6.07, 6.45) is 4.71. The predicted octanol–water partition coefficient (Wildman–Crippen LogP) is 1.86. The molecule has 1 atom stereocenters. The van der Waals surface area contributed by atoms with E-state index < -0.39 is 0 Å². The van der Waals surface area contributed by atoms with Crippen molar-refractivity contribution in [3.05, 3.63) is 42.9 Å². The minimum atomic E-state index is 0.675. The van der Waals surface area contributed by atoms with Crippen molar-refractivity contribution < 1.29 is 0 Å². The van der Waals surface area contributed by atoms with Crippen LogP contribution < -0.4 is 10.2 Å². The Morgan fingerprint density at radius 3 is 2.91 bits per heavy atom. The minimum absolute atomic E-state index is 0.675. The average molecular weight is 308 g/mol. The van der Waals surface area contributed by atoms with Gasteiger partial charge in [0.05, 0.1) is 17.3 Å². The molecule has 6 nitrogen and oxygen atoms in total. The topological polar surface area (TPSA) is 58.9 Å². The molecule has 0 bridgehead atoms. The van der Waals surface area contributed by atoms with Crippen LogP contribution in [0.2, 0.25) is 0 Å². The Hall–Kier alpha value is -2.47. The normalized spacial score (nSPS) is 18.0. The summed E-state index contributed by atoms with van der Waals surface area (Å²) in [6, 6.07) is 10.1. The van der Waals surface area contributed by atoms with Crippen LogP contribution in [0.15, 0.2) is 42.9 Å². The summed E-state index contributed by atoms with van der Waals surface area (Å²) in [6.45, 7) is 3.12. The van der Waals surface area contributed by atoms with E-state index in [-0.39, 0.29) is 0 Å². The number of rotatable bonds is 4. The lowest BCUT2D eigenvalue weighted by molar-refractivity contribution is 0.549. The number of fused-ring (bicyclic) bond motifs is 1. The van der Waals surface area contributed by atoms with Gasteiger partial charge in [-0.25, -0.2) is 14.6 Å². The van der Waals surface area contributed by atoms with Crippen LogP contribution in [0.1, 0.15) is 6.42 Å². The molecule has 1 saturated heterocycles. The van der Waals surface area contributed by atoms with Gasteiger partial charge in [0, 0.05) is 13.1 Å². The molecule has 0 saturated carbocycles. The second-order valence-corrected chi connectivity index (χ2v) is 5.98. The van der Waals surface area contributed by atoms with E-state index in [0.717, 1.165) is 42.2 Å². The van der Waals surface area contributed by atoms with E-state index in [1.54, 1.807) is 6.33 Å². The second-order valence-electron chi connectivity index (χ2n) is 5.98.